The zero-order valence-corrected chi connectivity index (χ0v) is 10.5. The van der Waals surface area contributed by atoms with Crippen LogP contribution < -0.4 is 11.5 Å². The van der Waals surface area contributed by atoms with Crippen molar-refractivity contribution in [1.82, 2.24) is 9.80 Å². The van der Waals surface area contributed by atoms with Crippen LogP contribution in [0.3, 0.4) is 0 Å². The van der Waals surface area contributed by atoms with Gasteiger partial charge in [0, 0.05) is 31.6 Å². The van der Waals surface area contributed by atoms with Crippen molar-refractivity contribution < 1.29 is 4.79 Å². The van der Waals surface area contributed by atoms with E-state index in [2.05, 4.69) is 9.80 Å². The molecule has 0 saturated carbocycles. The number of nitrogens with two attached hydrogens (primary N) is 2. The molecular weight excluding hydrogens is 216 g/mol. The molecule has 0 aliphatic carbocycles. The molecule has 2 heterocycles. The van der Waals surface area contributed by atoms with Gasteiger partial charge in [-0.15, -0.1) is 0 Å². The number of hydrogen-bond donors (Lipinski definition) is 2. The molecule has 2 saturated heterocycles. The number of carbonyl (C=O) groups excluding carboxylic acids is 1. The summed E-state index contributed by atoms with van der Waals surface area (Å²) >= 11 is 0. The zero-order valence-electron chi connectivity index (χ0n) is 10.5. The largest absolute Gasteiger partial charge is 0.370 e. The maximum absolute atomic E-state index is 10.7. The summed E-state index contributed by atoms with van der Waals surface area (Å²) in [5.74, 6) is -0.197. The number of rotatable bonds is 4. The summed E-state index contributed by atoms with van der Waals surface area (Å²) in [4.78, 5) is 15.7. The second kappa shape index (κ2) is 5.80. The van der Waals surface area contributed by atoms with Crippen molar-refractivity contribution in [2.45, 2.75) is 37.8 Å². The first-order valence-corrected chi connectivity index (χ1v) is 6.65. The van der Waals surface area contributed by atoms with E-state index in [1.165, 1.54) is 6.42 Å². The minimum Gasteiger partial charge on any atom is -0.370 e. The highest BCUT2D eigenvalue weighted by Crippen LogP contribution is 2.19. The number of likely N-dealkylation sites (tertiary alicyclic amines) is 2. The Balaban J connectivity index is 1.72. The van der Waals surface area contributed by atoms with Crippen molar-refractivity contribution in [1.29, 1.82) is 0 Å². The van der Waals surface area contributed by atoms with Crippen molar-refractivity contribution in [3.05, 3.63) is 0 Å². The number of amides is 1. The van der Waals surface area contributed by atoms with Gasteiger partial charge in [-0.1, -0.05) is 0 Å². The quantitative estimate of drug-likeness (QED) is 0.685. The molecule has 17 heavy (non-hydrogen) atoms. The molecule has 5 nitrogen and oxygen atoms in total. The zero-order chi connectivity index (χ0) is 12.3. The molecule has 0 radical (unpaired) electrons. The van der Waals surface area contributed by atoms with Gasteiger partial charge in [-0.05, 0) is 38.9 Å². The lowest BCUT2D eigenvalue weighted by molar-refractivity contribution is -0.118. The van der Waals surface area contributed by atoms with Crippen LogP contribution in [0.5, 0.6) is 0 Å². The standard InChI is InChI=1S/C12H24N4O/c13-10-1-7-16(8-2-10)11-3-5-15(9-11)6-4-12(14)17/h10-11H,1-9,13H2,(H2,14,17). The second-order valence-corrected chi connectivity index (χ2v) is 5.33. The Hall–Kier alpha value is -0.650. The Labute approximate surface area is 103 Å². The molecule has 5 heteroatoms. The maximum Gasteiger partial charge on any atom is 0.218 e. The van der Waals surface area contributed by atoms with Gasteiger partial charge in [0.15, 0.2) is 0 Å². The van der Waals surface area contributed by atoms with Crippen molar-refractivity contribution in [3.63, 3.8) is 0 Å². The molecule has 1 amide bonds. The predicted octanol–water partition coefficient (Wildman–Crippen LogP) is -0.641. The normalized spacial score (nSPS) is 28.6. The monoisotopic (exact) mass is 240 g/mol. The van der Waals surface area contributed by atoms with Gasteiger partial charge in [-0.3, -0.25) is 9.69 Å². The third kappa shape index (κ3) is 3.66. The van der Waals surface area contributed by atoms with Gasteiger partial charge in [-0.2, -0.15) is 0 Å². The van der Waals surface area contributed by atoms with E-state index in [9.17, 15) is 4.79 Å². The van der Waals surface area contributed by atoms with E-state index < -0.39 is 0 Å². The molecule has 1 unspecified atom stereocenters. The number of hydrogen-bond acceptors (Lipinski definition) is 4. The third-order valence-electron chi connectivity index (χ3n) is 4.01. The van der Waals surface area contributed by atoms with Gasteiger partial charge in [-0.25, -0.2) is 0 Å². The molecule has 2 rings (SSSR count). The lowest BCUT2D eigenvalue weighted by Crippen LogP contribution is -2.46. The van der Waals surface area contributed by atoms with Gasteiger partial charge in [0.1, 0.15) is 0 Å². The van der Waals surface area contributed by atoms with Crippen molar-refractivity contribution in [2.75, 3.05) is 32.7 Å². The average Bonchev–Trinajstić information content (AvgIpc) is 2.76. The molecule has 2 aliphatic rings. The molecule has 0 bridgehead atoms. The van der Waals surface area contributed by atoms with Gasteiger partial charge in [0.05, 0.1) is 0 Å². The maximum atomic E-state index is 10.7. The van der Waals surface area contributed by atoms with Crippen molar-refractivity contribution >= 4 is 5.91 Å². The molecule has 4 N–H and O–H groups in total. The highest BCUT2D eigenvalue weighted by atomic mass is 16.1. The van der Waals surface area contributed by atoms with Gasteiger partial charge >= 0.3 is 0 Å². The van der Waals surface area contributed by atoms with E-state index in [-0.39, 0.29) is 5.91 Å². The van der Waals surface area contributed by atoms with Crippen molar-refractivity contribution in [2.24, 2.45) is 11.5 Å². The van der Waals surface area contributed by atoms with E-state index in [1.807, 2.05) is 0 Å². The van der Waals surface area contributed by atoms with Crippen LogP contribution in [0.15, 0.2) is 0 Å². The van der Waals surface area contributed by atoms with Crippen molar-refractivity contribution in [3.8, 4) is 0 Å². The van der Waals surface area contributed by atoms with Crippen LogP contribution in [0.4, 0.5) is 0 Å². The molecule has 2 aliphatic heterocycles. The third-order valence-corrected chi connectivity index (χ3v) is 4.01. The number of primary amides is 1. The van der Waals surface area contributed by atoms with Gasteiger partial charge in [0.25, 0.3) is 0 Å². The Kier molecular flexibility index (Phi) is 4.36. The second-order valence-electron chi connectivity index (χ2n) is 5.33. The minimum atomic E-state index is -0.197. The van der Waals surface area contributed by atoms with Gasteiger partial charge in [0.2, 0.25) is 5.91 Å². The fourth-order valence-corrected chi connectivity index (χ4v) is 2.87. The topological polar surface area (TPSA) is 75.6 Å². The van der Waals surface area contributed by atoms with Crippen LogP contribution in [-0.2, 0) is 4.79 Å². The first-order chi connectivity index (χ1) is 8.15. The highest BCUT2D eigenvalue weighted by molar-refractivity contribution is 5.73. The summed E-state index contributed by atoms with van der Waals surface area (Å²) in [6.07, 6.45) is 3.95. The first-order valence-electron chi connectivity index (χ1n) is 6.65. The molecule has 0 aromatic carbocycles. The Morgan fingerprint density at radius 1 is 1.18 bits per heavy atom. The Bertz CT molecular complexity index is 263. The number of piperidine rings is 1. The first kappa shape index (κ1) is 12.8. The van der Waals surface area contributed by atoms with E-state index in [4.69, 9.17) is 11.5 Å². The molecule has 0 spiro atoms. The summed E-state index contributed by atoms with van der Waals surface area (Å²) in [7, 11) is 0. The van der Waals surface area contributed by atoms with Gasteiger partial charge < -0.3 is 16.4 Å². The SMILES string of the molecule is NC(=O)CCN1CCC(N2CCC(N)CC2)C1. The fraction of sp³-hybridized carbons (Fsp3) is 0.917. The molecular formula is C12H24N4O. The van der Waals surface area contributed by atoms with E-state index in [0.717, 1.165) is 45.6 Å². The fourth-order valence-electron chi connectivity index (χ4n) is 2.87. The van der Waals surface area contributed by atoms with E-state index in [0.29, 0.717) is 18.5 Å². The minimum absolute atomic E-state index is 0.197. The summed E-state index contributed by atoms with van der Waals surface area (Å²) < 4.78 is 0. The summed E-state index contributed by atoms with van der Waals surface area (Å²) in [5.41, 5.74) is 11.1. The molecule has 1 atom stereocenters. The summed E-state index contributed by atoms with van der Waals surface area (Å²) in [5, 5.41) is 0. The number of carbonyl (C=O) groups is 1. The summed E-state index contributed by atoms with van der Waals surface area (Å²) in [6, 6.07) is 1.06. The smallest absolute Gasteiger partial charge is 0.218 e. The lowest BCUT2D eigenvalue weighted by Gasteiger charge is -2.34. The van der Waals surface area contributed by atoms with Crippen LogP contribution in [0, 0.1) is 0 Å². The van der Waals surface area contributed by atoms with Crippen LogP contribution in [0.2, 0.25) is 0 Å². The average molecular weight is 240 g/mol. The van der Waals surface area contributed by atoms with E-state index >= 15 is 0 Å². The predicted molar refractivity (Wildman–Crippen MR) is 67.4 cm³/mol. The Morgan fingerprint density at radius 3 is 2.53 bits per heavy atom. The van der Waals surface area contributed by atoms with Crippen LogP contribution >= 0.6 is 0 Å². The lowest BCUT2D eigenvalue weighted by atomic mass is 10.0. The van der Waals surface area contributed by atoms with E-state index in [1.54, 1.807) is 0 Å². The Morgan fingerprint density at radius 2 is 1.88 bits per heavy atom. The van der Waals surface area contributed by atoms with Crippen LogP contribution in [0.1, 0.15) is 25.7 Å². The number of nitrogens with zero attached hydrogens (tertiary/aromatic N) is 2. The van der Waals surface area contributed by atoms with Crippen LogP contribution in [0.25, 0.3) is 0 Å². The molecule has 0 aromatic heterocycles. The molecule has 2 fully saturated rings. The van der Waals surface area contributed by atoms with Crippen LogP contribution in [-0.4, -0.2) is 60.5 Å². The molecule has 98 valence electrons. The summed E-state index contributed by atoms with van der Waals surface area (Å²) in [6.45, 7) is 5.27. The molecule has 0 aromatic rings. The highest BCUT2D eigenvalue weighted by Gasteiger charge is 2.29.